The maximum Gasteiger partial charge on any atom is 0.421 e. The van der Waals surface area contributed by atoms with Gasteiger partial charge < -0.3 is 25.0 Å². The molecular weight excluding hydrogens is 498 g/mol. The maximum absolute atomic E-state index is 13.9. The number of benzene rings is 2. The van der Waals surface area contributed by atoms with Crippen LogP contribution < -0.4 is 15.0 Å². The van der Waals surface area contributed by atoms with Crippen molar-refractivity contribution in [3.05, 3.63) is 64.8 Å². The predicted octanol–water partition coefficient (Wildman–Crippen LogP) is 4.64. The van der Waals surface area contributed by atoms with E-state index in [0.717, 1.165) is 4.90 Å². The first-order chi connectivity index (χ1) is 17.5. The molecular formula is C24H21F4N5O4. The van der Waals surface area contributed by atoms with Gasteiger partial charge in [-0.25, -0.2) is 14.2 Å². The summed E-state index contributed by atoms with van der Waals surface area (Å²) in [5.74, 6) is -2.32. The first-order valence-corrected chi connectivity index (χ1v) is 10.9. The fraction of sp³-hybridized carbons (Fsp3) is 0.250. The van der Waals surface area contributed by atoms with Crippen molar-refractivity contribution in [2.45, 2.75) is 12.7 Å². The smallest absolute Gasteiger partial charge is 0.421 e. The molecule has 0 atom stereocenters. The number of nitrogens with zero attached hydrogens (tertiary/aromatic N) is 4. The number of anilines is 4. The molecule has 1 amide bonds. The Balaban J connectivity index is 1.76. The van der Waals surface area contributed by atoms with E-state index in [1.807, 2.05) is 0 Å². The number of halogens is 4. The Morgan fingerprint density at radius 3 is 2.68 bits per heavy atom. The van der Waals surface area contributed by atoms with Gasteiger partial charge in [0.15, 0.2) is 5.82 Å². The summed E-state index contributed by atoms with van der Waals surface area (Å²) in [4.78, 5) is 34.4. The monoisotopic (exact) mass is 519 g/mol. The molecule has 13 heteroatoms. The zero-order valence-electron chi connectivity index (χ0n) is 19.6. The van der Waals surface area contributed by atoms with Crippen molar-refractivity contribution in [1.82, 2.24) is 14.9 Å². The molecule has 0 aliphatic carbocycles. The number of carboxylic acids is 1. The highest BCUT2D eigenvalue weighted by molar-refractivity contribution is 6.04. The lowest BCUT2D eigenvalue weighted by Gasteiger charge is -2.24. The minimum atomic E-state index is -4.81. The summed E-state index contributed by atoms with van der Waals surface area (Å²) >= 11 is 0. The second-order valence-electron chi connectivity index (χ2n) is 8.06. The fourth-order valence-corrected chi connectivity index (χ4v) is 4.01. The van der Waals surface area contributed by atoms with E-state index in [1.165, 1.54) is 43.3 Å². The zero-order chi connectivity index (χ0) is 26.9. The minimum Gasteiger partial charge on any atom is -0.495 e. The van der Waals surface area contributed by atoms with Gasteiger partial charge in [0, 0.05) is 26.3 Å². The van der Waals surface area contributed by atoms with Crippen LogP contribution in [-0.2, 0) is 12.7 Å². The van der Waals surface area contributed by atoms with Gasteiger partial charge in [0.2, 0.25) is 5.95 Å². The number of carboxylic acid groups (broad SMARTS) is 1. The number of alkyl halides is 4. The van der Waals surface area contributed by atoms with Crippen LogP contribution in [0.1, 0.15) is 31.8 Å². The van der Waals surface area contributed by atoms with E-state index in [2.05, 4.69) is 15.3 Å². The van der Waals surface area contributed by atoms with Gasteiger partial charge in [-0.05, 0) is 29.8 Å². The molecule has 2 N–H and O–H groups in total. The molecule has 9 nitrogen and oxygen atoms in total. The van der Waals surface area contributed by atoms with Crippen LogP contribution in [0.5, 0.6) is 5.75 Å². The molecule has 0 unspecified atom stereocenters. The molecule has 1 aromatic heterocycles. The van der Waals surface area contributed by atoms with E-state index in [1.54, 1.807) is 12.1 Å². The Kier molecular flexibility index (Phi) is 6.88. The summed E-state index contributed by atoms with van der Waals surface area (Å²) in [6.45, 7) is -0.732. The Hall–Kier alpha value is -4.42. The number of carbonyl (C=O) groups excluding carboxylic acids is 1. The molecule has 2 aromatic carbocycles. The van der Waals surface area contributed by atoms with Crippen molar-refractivity contribution in [2.24, 2.45) is 0 Å². The van der Waals surface area contributed by atoms with Gasteiger partial charge in [-0.2, -0.15) is 18.2 Å². The number of hydrogen-bond acceptors (Lipinski definition) is 7. The summed E-state index contributed by atoms with van der Waals surface area (Å²) in [5, 5.41) is 11.9. The summed E-state index contributed by atoms with van der Waals surface area (Å²) in [6.07, 6.45) is -4.20. The van der Waals surface area contributed by atoms with Gasteiger partial charge in [-0.3, -0.25) is 4.79 Å². The van der Waals surface area contributed by atoms with E-state index in [4.69, 9.17) is 4.74 Å². The first-order valence-electron chi connectivity index (χ1n) is 10.9. The predicted molar refractivity (Wildman–Crippen MR) is 125 cm³/mol. The van der Waals surface area contributed by atoms with E-state index in [9.17, 15) is 32.3 Å². The summed E-state index contributed by atoms with van der Waals surface area (Å²) in [7, 11) is 2.64. The summed E-state index contributed by atoms with van der Waals surface area (Å²) in [5.41, 5.74) is -0.0727. The highest BCUT2D eigenvalue weighted by atomic mass is 19.4. The number of aromatic carboxylic acids is 1. The van der Waals surface area contributed by atoms with Crippen molar-refractivity contribution in [3.63, 3.8) is 0 Å². The largest absolute Gasteiger partial charge is 0.495 e. The third kappa shape index (κ3) is 4.97. The molecule has 1 aliphatic rings. The number of ether oxygens (including phenoxy) is 1. The van der Waals surface area contributed by atoms with Gasteiger partial charge in [0.1, 0.15) is 18.0 Å². The van der Waals surface area contributed by atoms with Gasteiger partial charge in [-0.15, -0.1) is 0 Å². The second-order valence-corrected chi connectivity index (χ2v) is 8.06. The second kappa shape index (κ2) is 9.91. The van der Waals surface area contributed by atoms with Crippen LogP contribution in [0, 0.1) is 0 Å². The van der Waals surface area contributed by atoms with Crippen LogP contribution in [0.2, 0.25) is 0 Å². The Labute approximate surface area is 208 Å². The van der Waals surface area contributed by atoms with Gasteiger partial charge in [0.25, 0.3) is 5.91 Å². The van der Waals surface area contributed by atoms with Crippen molar-refractivity contribution >= 4 is 35.0 Å². The molecule has 0 bridgehead atoms. The Morgan fingerprint density at radius 1 is 1.27 bits per heavy atom. The Morgan fingerprint density at radius 2 is 2.03 bits per heavy atom. The zero-order valence-corrected chi connectivity index (χ0v) is 19.6. The Bertz CT molecular complexity index is 1370. The average Bonchev–Trinajstić information content (AvgIpc) is 3.18. The summed E-state index contributed by atoms with van der Waals surface area (Å²) < 4.78 is 59.8. The van der Waals surface area contributed by atoms with Crippen molar-refractivity contribution < 1.29 is 37.0 Å². The van der Waals surface area contributed by atoms with Crippen LogP contribution in [0.3, 0.4) is 0 Å². The number of aromatic nitrogens is 2. The lowest BCUT2D eigenvalue weighted by atomic mass is 10.1. The van der Waals surface area contributed by atoms with Crippen molar-refractivity contribution in [1.29, 1.82) is 0 Å². The van der Waals surface area contributed by atoms with Gasteiger partial charge in [0.05, 0.1) is 29.6 Å². The topological polar surface area (TPSA) is 108 Å². The molecule has 2 heterocycles. The van der Waals surface area contributed by atoms with Crippen LogP contribution in [0.4, 0.5) is 40.7 Å². The quantitative estimate of drug-likeness (QED) is 0.415. The number of fused-ring (bicyclic) bond motifs is 1. The number of rotatable bonds is 8. The number of amides is 1. The standard InChI is InChI=1S/C24H21F4N5O4/c1-32(17-5-3-4-14-12-33(9-8-25)21(34)19(14)17)20-15(24(26,27)28)11-29-23(31-20)30-16-7-6-13(22(35)36)10-18(16)37-2/h3-7,10-11H,8-9,12H2,1-2H3,(H,35,36)(H,29,30,31). The first kappa shape index (κ1) is 25.7. The normalized spacial score (nSPS) is 12.9. The molecule has 0 spiro atoms. The third-order valence-electron chi connectivity index (χ3n) is 5.79. The molecule has 194 valence electrons. The SMILES string of the molecule is COc1cc(C(=O)O)ccc1Nc1ncc(C(F)(F)F)c(N(C)c2cccc3c2C(=O)N(CCF)C3)n1. The molecule has 37 heavy (non-hydrogen) atoms. The van der Waals surface area contributed by atoms with E-state index < -0.39 is 36.1 Å². The van der Waals surface area contributed by atoms with Crippen LogP contribution >= 0.6 is 0 Å². The van der Waals surface area contributed by atoms with Crippen LogP contribution in [0.15, 0.2) is 42.6 Å². The highest BCUT2D eigenvalue weighted by Gasteiger charge is 2.38. The van der Waals surface area contributed by atoms with E-state index in [0.29, 0.717) is 11.8 Å². The number of hydrogen-bond donors (Lipinski definition) is 2. The molecule has 0 radical (unpaired) electrons. The van der Waals surface area contributed by atoms with Gasteiger partial charge >= 0.3 is 12.1 Å². The number of carbonyl (C=O) groups is 2. The highest BCUT2D eigenvalue weighted by Crippen LogP contribution is 2.40. The number of nitrogens with one attached hydrogen (secondary N) is 1. The van der Waals surface area contributed by atoms with Crippen molar-refractivity contribution in [3.8, 4) is 5.75 Å². The van der Waals surface area contributed by atoms with E-state index in [-0.39, 0.29) is 47.3 Å². The average molecular weight is 519 g/mol. The maximum atomic E-state index is 13.9. The molecule has 0 fully saturated rings. The molecule has 0 saturated carbocycles. The molecule has 0 saturated heterocycles. The van der Waals surface area contributed by atoms with Crippen LogP contribution in [-0.4, -0.2) is 59.2 Å². The molecule has 1 aliphatic heterocycles. The van der Waals surface area contributed by atoms with Crippen LogP contribution in [0.25, 0.3) is 0 Å². The van der Waals surface area contributed by atoms with Gasteiger partial charge in [-0.1, -0.05) is 12.1 Å². The summed E-state index contributed by atoms with van der Waals surface area (Å²) in [6, 6.07) is 8.64. The number of methoxy groups -OCH3 is 1. The van der Waals surface area contributed by atoms with Crippen molar-refractivity contribution in [2.75, 3.05) is 37.6 Å². The lowest BCUT2D eigenvalue weighted by Crippen LogP contribution is -2.27. The molecule has 4 rings (SSSR count). The fourth-order valence-electron chi connectivity index (χ4n) is 4.01. The lowest BCUT2D eigenvalue weighted by molar-refractivity contribution is -0.137. The third-order valence-corrected chi connectivity index (χ3v) is 5.79. The molecule has 3 aromatic rings. The van der Waals surface area contributed by atoms with E-state index >= 15 is 0 Å². The minimum absolute atomic E-state index is 0.0550.